The van der Waals surface area contributed by atoms with E-state index in [9.17, 15) is 4.79 Å². The molecule has 0 aliphatic heterocycles. The SMILES string of the molecule is CCCCCCCC(=O)Nc1c(C)cccc1C. The van der Waals surface area contributed by atoms with Crippen LogP contribution in [0.2, 0.25) is 0 Å². The summed E-state index contributed by atoms with van der Waals surface area (Å²) in [6.45, 7) is 6.27. The first kappa shape index (κ1) is 14.7. The van der Waals surface area contributed by atoms with Gasteiger partial charge in [0.05, 0.1) is 0 Å². The van der Waals surface area contributed by atoms with Crippen molar-refractivity contribution in [2.45, 2.75) is 59.3 Å². The topological polar surface area (TPSA) is 29.1 Å². The molecule has 2 heteroatoms. The average molecular weight is 247 g/mol. The molecule has 0 bridgehead atoms. The van der Waals surface area contributed by atoms with Crippen LogP contribution in [0.5, 0.6) is 0 Å². The van der Waals surface area contributed by atoms with Crippen LogP contribution in [0.1, 0.15) is 56.6 Å². The van der Waals surface area contributed by atoms with Gasteiger partial charge in [-0.25, -0.2) is 0 Å². The van der Waals surface area contributed by atoms with Crippen LogP contribution in [-0.4, -0.2) is 5.91 Å². The smallest absolute Gasteiger partial charge is 0.224 e. The predicted octanol–water partition coefficient (Wildman–Crippen LogP) is 4.60. The van der Waals surface area contributed by atoms with Crippen molar-refractivity contribution in [2.24, 2.45) is 0 Å². The summed E-state index contributed by atoms with van der Waals surface area (Å²) in [5, 5.41) is 3.03. The zero-order chi connectivity index (χ0) is 13.4. The summed E-state index contributed by atoms with van der Waals surface area (Å²) in [6.07, 6.45) is 6.56. The summed E-state index contributed by atoms with van der Waals surface area (Å²) in [6, 6.07) is 6.08. The molecule has 0 saturated carbocycles. The van der Waals surface area contributed by atoms with E-state index < -0.39 is 0 Å². The highest BCUT2D eigenvalue weighted by atomic mass is 16.1. The molecular formula is C16H25NO. The molecule has 0 aromatic heterocycles. The van der Waals surface area contributed by atoms with Crippen LogP contribution < -0.4 is 5.32 Å². The van der Waals surface area contributed by atoms with Crippen molar-refractivity contribution in [1.29, 1.82) is 0 Å². The van der Waals surface area contributed by atoms with Gasteiger partial charge in [-0.2, -0.15) is 0 Å². The first-order valence-electron chi connectivity index (χ1n) is 7.01. The van der Waals surface area contributed by atoms with Crippen LogP contribution in [0.25, 0.3) is 0 Å². The number of hydrogen-bond donors (Lipinski definition) is 1. The van der Waals surface area contributed by atoms with E-state index in [1.54, 1.807) is 0 Å². The minimum atomic E-state index is 0.142. The minimum absolute atomic E-state index is 0.142. The second kappa shape index (κ2) is 7.91. The minimum Gasteiger partial charge on any atom is -0.326 e. The number of nitrogens with one attached hydrogen (secondary N) is 1. The van der Waals surface area contributed by atoms with Gasteiger partial charge in [0.1, 0.15) is 0 Å². The second-order valence-corrected chi connectivity index (χ2v) is 4.98. The standard InChI is InChI=1S/C16H25NO/c1-4-5-6-7-8-12-15(18)17-16-13(2)10-9-11-14(16)3/h9-11H,4-8,12H2,1-3H3,(H,17,18). The zero-order valence-electron chi connectivity index (χ0n) is 11.9. The van der Waals surface area contributed by atoms with Crippen LogP contribution >= 0.6 is 0 Å². The summed E-state index contributed by atoms with van der Waals surface area (Å²) in [5.74, 6) is 0.142. The molecule has 0 unspecified atom stereocenters. The Labute approximate surface area is 111 Å². The summed E-state index contributed by atoms with van der Waals surface area (Å²) in [7, 11) is 0. The molecule has 1 rings (SSSR count). The highest BCUT2D eigenvalue weighted by molar-refractivity contribution is 5.92. The maximum Gasteiger partial charge on any atom is 0.224 e. The van der Waals surface area contributed by atoms with Gasteiger partial charge in [0.25, 0.3) is 0 Å². The van der Waals surface area contributed by atoms with Gasteiger partial charge in [-0.3, -0.25) is 4.79 Å². The quantitative estimate of drug-likeness (QED) is 0.701. The number of rotatable bonds is 7. The molecule has 0 fully saturated rings. The van der Waals surface area contributed by atoms with Crippen molar-refractivity contribution >= 4 is 11.6 Å². The first-order chi connectivity index (χ1) is 8.65. The maximum absolute atomic E-state index is 11.8. The Kier molecular flexibility index (Phi) is 6.48. The van der Waals surface area contributed by atoms with Crippen molar-refractivity contribution in [3.05, 3.63) is 29.3 Å². The molecule has 1 amide bonds. The van der Waals surface area contributed by atoms with Crippen LogP contribution in [0, 0.1) is 13.8 Å². The molecule has 0 atom stereocenters. The molecule has 0 spiro atoms. The van der Waals surface area contributed by atoms with Crippen LogP contribution in [0.3, 0.4) is 0 Å². The van der Waals surface area contributed by atoms with Gasteiger partial charge in [-0.15, -0.1) is 0 Å². The number of anilines is 1. The first-order valence-corrected chi connectivity index (χ1v) is 7.01. The Morgan fingerprint density at radius 3 is 2.28 bits per heavy atom. The van der Waals surface area contributed by atoms with Gasteiger partial charge < -0.3 is 5.32 Å². The highest BCUT2D eigenvalue weighted by Crippen LogP contribution is 2.19. The van der Waals surface area contributed by atoms with Gasteiger partial charge in [-0.05, 0) is 31.4 Å². The monoisotopic (exact) mass is 247 g/mol. The largest absolute Gasteiger partial charge is 0.326 e. The van der Waals surface area contributed by atoms with E-state index in [2.05, 4.69) is 12.2 Å². The summed E-state index contributed by atoms with van der Waals surface area (Å²) in [5.41, 5.74) is 3.25. The third-order valence-electron chi connectivity index (χ3n) is 3.25. The van der Waals surface area contributed by atoms with Crippen molar-refractivity contribution in [3.63, 3.8) is 0 Å². The fourth-order valence-electron chi connectivity index (χ4n) is 2.10. The van der Waals surface area contributed by atoms with Crippen molar-refractivity contribution in [2.75, 3.05) is 5.32 Å². The Balaban J connectivity index is 2.36. The van der Waals surface area contributed by atoms with Crippen LogP contribution in [-0.2, 0) is 4.79 Å². The second-order valence-electron chi connectivity index (χ2n) is 4.98. The molecular weight excluding hydrogens is 222 g/mol. The van der Waals surface area contributed by atoms with E-state index in [1.807, 2.05) is 32.0 Å². The van der Waals surface area contributed by atoms with Crippen LogP contribution in [0.15, 0.2) is 18.2 Å². The Morgan fingerprint density at radius 2 is 1.67 bits per heavy atom. The fourth-order valence-corrected chi connectivity index (χ4v) is 2.10. The van der Waals surface area contributed by atoms with E-state index in [0.29, 0.717) is 6.42 Å². The molecule has 0 aliphatic carbocycles. The number of unbranched alkanes of at least 4 members (excludes halogenated alkanes) is 4. The third-order valence-corrected chi connectivity index (χ3v) is 3.25. The predicted molar refractivity (Wildman–Crippen MR) is 77.9 cm³/mol. The molecule has 1 aromatic carbocycles. The molecule has 1 aromatic rings. The Bertz CT molecular complexity index is 364. The molecule has 0 aliphatic rings. The fraction of sp³-hybridized carbons (Fsp3) is 0.562. The maximum atomic E-state index is 11.8. The van der Waals surface area contributed by atoms with Gasteiger partial charge >= 0.3 is 0 Å². The van der Waals surface area contributed by atoms with Gasteiger partial charge in [0.15, 0.2) is 0 Å². The summed E-state index contributed by atoms with van der Waals surface area (Å²) in [4.78, 5) is 11.8. The number of benzene rings is 1. The lowest BCUT2D eigenvalue weighted by Crippen LogP contribution is -2.13. The van der Waals surface area contributed by atoms with Gasteiger partial charge in [0.2, 0.25) is 5.91 Å². The van der Waals surface area contributed by atoms with Gasteiger partial charge in [-0.1, -0.05) is 50.8 Å². The van der Waals surface area contributed by atoms with Crippen molar-refractivity contribution in [1.82, 2.24) is 0 Å². The Morgan fingerprint density at radius 1 is 1.06 bits per heavy atom. The molecule has 1 N–H and O–H groups in total. The lowest BCUT2D eigenvalue weighted by atomic mass is 10.1. The van der Waals surface area contributed by atoms with E-state index in [0.717, 1.165) is 29.7 Å². The number of amides is 1. The lowest BCUT2D eigenvalue weighted by molar-refractivity contribution is -0.116. The lowest BCUT2D eigenvalue weighted by Gasteiger charge is -2.11. The number of aryl methyl sites for hydroxylation is 2. The van der Waals surface area contributed by atoms with E-state index in [1.165, 1.54) is 19.3 Å². The van der Waals surface area contributed by atoms with Gasteiger partial charge in [0, 0.05) is 12.1 Å². The Hall–Kier alpha value is -1.31. The summed E-state index contributed by atoms with van der Waals surface area (Å²) < 4.78 is 0. The molecule has 18 heavy (non-hydrogen) atoms. The number of carbonyl (C=O) groups is 1. The number of carbonyl (C=O) groups excluding carboxylic acids is 1. The molecule has 0 saturated heterocycles. The average Bonchev–Trinajstić information content (AvgIpc) is 2.34. The van der Waals surface area contributed by atoms with Crippen molar-refractivity contribution < 1.29 is 4.79 Å². The third kappa shape index (κ3) is 4.91. The van der Waals surface area contributed by atoms with E-state index in [4.69, 9.17) is 0 Å². The van der Waals surface area contributed by atoms with E-state index in [-0.39, 0.29) is 5.91 Å². The molecule has 0 heterocycles. The van der Waals surface area contributed by atoms with E-state index >= 15 is 0 Å². The normalized spacial score (nSPS) is 10.4. The molecule has 0 radical (unpaired) electrons. The van der Waals surface area contributed by atoms with Crippen molar-refractivity contribution in [3.8, 4) is 0 Å². The summed E-state index contributed by atoms with van der Waals surface area (Å²) >= 11 is 0. The zero-order valence-corrected chi connectivity index (χ0v) is 11.9. The highest BCUT2D eigenvalue weighted by Gasteiger charge is 2.06. The molecule has 2 nitrogen and oxygen atoms in total. The number of hydrogen-bond acceptors (Lipinski definition) is 1. The molecule has 100 valence electrons. The number of para-hydroxylation sites is 1. The van der Waals surface area contributed by atoms with Crippen LogP contribution in [0.4, 0.5) is 5.69 Å².